The summed E-state index contributed by atoms with van der Waals surface area (Å²) >= 11 is 1.21. The van der Waals surface area contributed by atoms with Crippen molar-refractivity contribution in [2.24, 2.45) is 7.05 Å². The molecule has 0 fully saturated rings. The van der Waals surface area contributed by atoms with Crippen molar-refractivity contribution in [2.75, 3.05) is 0 Å². The third-order valence-electron chi connectivity index (χ3n) is 2.60. The molecule has 0 aliphatic carbocycles. The van der Waals surface area contributed by atoms with Crippen molar-refractivity contribution in [1.82, 2.24) is 25.5 Å². The standard InChI is InChI=1S/C13H18FN5S/c1-13(2,3)15-8-9-5-6-11(10(14)7-9)20-12-16-17-18-19(12)4/h5-7,15H,8H2,1-4H3. The maximum atomic E-state index is 14.1. The first kappa shape index (κ1) is 14.9. The van der Waals surface area contributed by atoms with Gasteiger partial charge in [0, 0.05) is 19.1 Å². The minimum Gasteiger partial charge on any atom is -0.308 e. The number of halogens is 1. The number of nitrogens with one attached hydrogen (secondary N) is 1. The van der Waals surface area contributed by atoms with Gasteiger partial charge >= 0.3 is 0 Å². The minimum atomic E-state index is -0.258. The Balaban J connectivity index is 2.08. The van der Waals surface area contributed by atoms with E-state index in [2.05, 4.69) is 41.6 Å². The lowest BCUT2D eigenvalue weighted by Gasteiger charge is -2.20. The largest absolute Gasteiger partial charge is 0.308 e. The van der Waals surface area contributed by atoms with Crippen molar-refractivity contribution < 1.29 is 4.39 Å². The Morgan fingerprint density at radius 3 is 2.65 bits per heavy atom. The van der Waals surface area contributed by atoms with Gasteiger partial charge in [0.05, 0.1) is 4.90 Å². The molecule has 0 spiro atoms. The summed E-state index contributed by atoms with van der Waals surface area (Å²) < 4.78 is 15.6. The first-order valence-electron chi connectivity index (χ1n) is 6.29. The molecule has 1 aromatic carbocycles. The van der Waals surface area contributed by atoms with Crippen molar-refractivity contribution in [3.8, 4) is 0 Å². The molecular weight excluding hydrogens is 277 g/mol. The summed E-state index contributed by atoms with van der Waals surface area (Å²) in [6.45, 7) is 6.87. The molecule has 2 aromatic rings. The molecular formula is C13H18FN5S. The topological polar surface area (TPSA) is 55.6 Å². The number of nitrogens with zero attached hydrogens (tertiary/aromatic N) is 4. The Hall–Kier alpha value is -1.47. The molecule has 0 aliphatic heterocycles. The van der Waals surface area contributed by atoms with E-state index in [0.717, 1.165) is 5.56 Å². The van der Waals surface area contributed by atoms with Crippen LogP contribution in [0.15, 0.2) is 28.3 Å². The van der Waals surface area contributed by atoms with Gasteiger partial charge in [-0.05, 0) is 60.7 Å². The lowest BCUT2D eigenvalue weighted by Crippen LogP contribution is -2.35. The van der Waals surface area contributed by atoms with E-state index in [1.807, 2.05) is 6.07 Å². The molecule has 1 heterocycles. The average Bonchev–Trinajstić information content (AvgIpc) is 2.75. The van der Waals surface area contributed by atoms with Gasteiger partial charge in [-0.25, -0.2) is 9.07 Å². The van der Waals surface area contributed by atoms with E-state index >= 15 is 0 Å². The molecule has 2 rings (SSSR count). The van der Waals surface area contributed by atoms with Crippen molar-refractivity contribution in [3.05, 3.63) is 29.6 Å². The molecule has 1 N–H and O–H groups in total. The van der Waals surface area contributed by atoms with Gasteiger partial charge in [0.2, 0.25) is 5.16 Å². The van der Waals surface area contributed by atoms with Crippen LogP contribution in [0.4, 0.5) is 4.39 Å². The van der Waals surface area contributed by atoms with E-state index < -0.39 is 0 Å². The second-order valence-corrected chi connectivity index (χ2v) is 6.56. The van der Waals surface area contributed by atoms with E-state index in [4.69, 9.17) is 0 Å². The fraction of sp³-hybridized carbons (Fsp3) is 0.462. The molecule has 0 aliphatic rings. The van der Waals surface area contributed by atoms with Gasteiger partial charge in [-0.3, -0.25) is 0 Å². The Morgan fingerprint density at radius 2 is 2.10 bits per heavy atom. The summed E-state index contributed by atoms with van der Waals surface area (Å²) in [6, 6.07) is 5.22. The second kappa shape index (κ2) is 5.88. The SMILES string of the molecule is Cn1nnnc1Sc1ccc(CNC(C)(C)C)cc1F. The number of hydrogen-bond donors (Lipinski definition) is 1. The van der Waals surface area contributed by atoms with E-state index in [1.54, 1.807) is 19.2 Å². The molecule has 108 valence electrons. The zero-order valence-electron chi connectivity index (χ0n) is 12.0. The molecule has 0 saturated carbocycles. The summed E-state index contributed by atoms with van der Waals surface area (Å²) in [6.07, 6.45) is 0. The van der Waals surface area contributed by atoms with Crippen molar-refractivity contribution in [1.29, 1.82) is 0 Å². The fourth-order valence-corrected chi connectivity index (χ4v) is 2.25. The van der Waals surface area contributed by atoms with Crippen LogP contribution in [0.3, 0.4) is 0 Å². The predicted molar refractivity (Wildman–Crippen MR) is 75.9 cm³/mol. The van der Waals surface area contributed by atoms with Crippen LogP contribution in [0, 0.1) is 5.82 Å². The number of rotatable bonds is 4. The molecule has 0 radical (unpaired) electrons. The zero-order valence-corrected chi connectivity index (χ0v) is 12.8. The number of benzene rings is 1. The van der Waals surface area contributed by atoms with E-state index in [-0.39, 0.29) is 11.4 Å². The highest BCUT2D eigenvalue weighted by atomic mass is 32.2. The maximum absolute atomic E-state index is 14.1. The molecule has 0 atom stereocenters. The molecule has 0 saturated heterocycles. The van der Waals surface area contributed by atoms with E-state index in [0.29, 0.717) is 16.6 Å². The molecule has 20 heavy (non-hydrogen) atoms. The van der Waals surface area contributed by atoms with Gasteiger partial charge < -0.3 is 5.32 Å². The van der Waals surface area contributed by atoms with Gasteiger partial charge in [-0.15, -0.1) is 5.10 Å². The fourth-order valence-electron chi connectivity index (χ4n) is 1.51. The lowest BCUT2D eigenvalue weighted by molar-refractivity contribution is 0.423. The molecule has 5 nitrogen and oxygen atoms in total. The van der Waals surface area contributed by atoms with Crippen molar-refractivity contribution in [2.45, 2.75) is 42.9 Å². The van der Waals surface area contributed by atoms with Gasteiger partial charge in [0.1, 0.15) is 5.82 Å². The van der Waals surface area contributed by atoms with Crippen LogP contribution >= 0.6 is 11.8 Å². The second-order valence-electron chi connectivity index (χ2n) is 5.56. The van der Waals surface area contributed by atoms with E-state index in [9.17, 15) is 4.39 Å². The predicted octanol–water partition coefficient (Wildman–Crippen LogP) is 2.39. The van der Waals surface area contributed by atoms with Crippen LogP contribution in [-0.2, 0) is 13.6 Å². The Labute approximate surface area is 122 Å². The average molecular weight is 295 g/mol. The number of tetrazole rings is 1. The van der Waals surface area contributed by atoms with Crippen molar-refractivity contribution in [3.63, 3.8) is 0 Å². The summed E-state index contributed by atoms with van der Waals surface area (Å²) in [4.78, 5) is 0.516. The van der Waals surface area contributed by atoms with Crippen LogP contribution in [0.1, 0.15) is 26.3 Å². The quantitative estimate of drug-likeness (QED) is 0.938. The molecule has 0 bridgehead atoms. The number of hydrogen-bond acceptors (Lipinski definition) is 5. The Bertz CT molecular complexity index is 591. The lowest BCUT2D eigenvalue weighted by atomic mass is 10.1. The zero-order chi connectivity index (χ0) is 14.8. The van der Waals surface area contributed by atoms with Crippen LogP contribution in [0.2, 0.25) is 0 Å². The van der Waals surface area contributed by atoms with Crippen LogP contribution in [-0.4, -0.2) is 25.7 Å². The molecule has 0 amide bonds. The third kappa shape index (κ3) is 4.01. The minimum absolute atomic E-state index is 0.00813. The first-order valence-corrected chi connectivity index (χ1v) is 7.10. The van der Waals surface area contributed by atoms with Gasteiger partial charge in [0.15, 0.2) is 0 Å². The highest BCUT2D eigenvalue weighted by Crippen LogP contribution is 2.28. The smallest absolute Gasteiger partial charge is 0.213 e. The highest BCUT2D eigenvalue weighted by Gasteiger charge is 2.12. The van der Waals surface area contributed by atoms with Crippen LogP contribution < -0.4 is 5.32 Å². The summed E-state index contributed by atoms with van der Waals surface area (Å²) in [7, 11) is 1.72. The summed E-state index contributed by atoms with van der Waals surface area (Å²) in [5.41, 5.74) is 0.923. The Kier molecular flexibility index (Phi) is 4.39. The highest BCUT2D eigenvalue weighted by molar-refractivity contribution is 7.99. The summed E-state index contributed by atoms with van der Waals surface area (Å²) in [5.74, 6) is -0.258. The molecule has 0 unspecified atom stereocenters. The summed E-state index contributed by atoms with van der Waals surface area (Å²) in [5, 5.41) is 15.0. The molecule has 1 aromatic heterocycles. The Morgan fingerprint density at radius 1 is 1.35 bits per heavy atom. The van der Waals surface area contributed by atoms with Gasteiger partial charge in [0.25, 0.3) is 0 Å². The molecule has 7 heteroatoms. The van der Waals surface area contributed by atoms with Crippen LogP contribution in [0.25, 0.3) is 0 Å². The third-order valence-corrected chi connectivity index (χ3v) is 3.68. The van der Waals surface area contributed by atoms with E-state index in [1.165, 1.54) is 16.4 Å². The van der Waals surface area contributed by atoms with Gasteiger partial charge in [-0.2, -0.15) is 0 Å². The first-order chi connectivity index (χ1) is 9.35. The number of aromatic nitrogens is 4. The monoisotopic (exact) mass is 295 g/mol. The maximum Gasteiger partial charge on any atom is 0.213 e. The normalized spacial score (nSPS) is 11.8. The van der Waals surface area contributed by atoms with Crippen molar-refractivity contribution >= 4 is 11.8 Å². The van der Waals surface area contributed by atoms with Crippen LogP contribution in [0.5, 0.6) is 0 Å². The van der Waals surface area contributed by atoms with Gasteiger partial charge in [-0.1, -0.05) is 6.07 Å². The number of aryl methyl sites for hydroxylation is 1.